The molecule has 0 radical (unpaired) electrons. The Morgan fingerprint density at radius 1 is 1.23 bits per heavy atom. The molecule has 1 aliphatic rings. The van der Waals surface area contributed by atoms with Crippen molar-refractivity contribution in [2.24, 2.45) is 11.8 Å². The molecule has 1 saturated heterocycles. The fourth-order valence-electron chi connectivity index (χ4n) is 3.40. The van der Waals surface area contributed by atoms with Crippen LogP contribution in [0, 0.1) is 11.8 Å². The van der Waals surface area contributed by atoms with Crippen LogP contribution >= 0.6 is 0 Å². The SMILES string of the molecule is CC1CCC(C(C)C)N(C(=O)c2ccc(S(=O)(=O)NC(C)(C)C)o2)CC1. The zero-order valence-electron chi connectivity index (χ0n) is 16.7. The molecule has 1 aliphatic heterocycles. The number of hydrogen-bond donors (Lipinski definition) is 1. The van der Waals surface area contributed by atoms with Crippen molar-refractivity contribution in [3.05, 3.63) is 17.9 Å². The summed E-state index contributed by atoms with van der Waals surface area (Å²) in [6, 6.07) is 2.96. The number of rotatable bonds is 4. The van der Waals surface area contributed by atoms with Gasteiger partial charge < -0.3 is 9.32 Å². The highest BCUT2D eigenvalue weighted by Crippen LogP contribution is 2.28. The lowest BCUT2D eigenvalue weighted by atomic mass is 9.95. The molecule has 1 aromatic rings. The van der Waals surface area contributed by atoms with E-state index in [9.17, 15) is 13.2 Å². The van der Waals surface area contributed by atoms with Crippen molar-refractivity contribution in [2.75, 3.05) is 6.54 Å². The van der Waals surface area contributed by atoms with Crippen molar-refractivity contribution in [1.29, 1.82) is 0 Å². The Kier molecular flexibility index (Phi) is 6.23. The first-order valence-corrected chi connectivity index (χ1v) is 10.8. The first kappa shape index (κ1) is 21.0. The van der Waals surface area contributed by atoms with E-state index in [4.69, 9.17) is 4.42 Å². The molecule has 26 heavy (non-hydrogen) atoms. The Morgan fingerprint density at radius 3 is 2.46 bits per heavy atom. The number of nitrogens with zero attached hydrogens (tertiary/aromatic N) is 1. The van der Waals surface area contributed by atoms with Gasteiger partial charge in [-0.2, -0.15) is 0 Å². The second kappa shape index (κ2) is 7.72. The van der Waals surface area contributed by atoms with Gasteiger partial charge in [-0.15, -0.1) is 0 Å². The summed E-state index contributed by atoms with van der Waals surface area (Å²) in [5.74, 6) is 0.775. The lowest BCUT2D eigenvalue weighted by molar-refractivity contribution is 0.0593. The van der Waals surface area contributed by atoms with Crippen LogP contribution < -0.4 is 4.72 Å². The minimum absolute atomic E-state index is 0.0829. The largest absolute Gasteiger partial charge is 0.438 e. The monoisotopic (exact) mass is 384 g/mol. The maximum absolute atomic E-state index is 13.0. The van der Waals surface area contributed by atoms with E-state index in [1.165, 1.54) is 12.1 Å². The number of sulfonamides is 1. The molecule has 148 valence electrons. The van der Waals surface area contributed by atoms with Gasteiger partial charge >= 0.3 is 0 Å². The molecule has 0 bridgehead atoms. The van der Waals surface area contributed by atoms with Crippen LogP contribution in [-0.2, 0) is 10.0 Å². The Morgan fingerprint density at radius 2 is 1.88 bits per heavy atom. The molecular formula is C19H32N2O4S. The van der Waals surface area contributed by atoms with Crippen molar-refractivity contribution in [3.8, 4) is 0 Å². The van der Waals surface area contributed by atoms with Crippen LogP contribution in [0.2, 0.25) is 0 Å². The van der Waals surface area contributed by atoms with Gasteiger partial charge in [-0.25, -0.2) is 13.1 Å². The summed E-state index contributed by atoms with van der Waals surface area (Å²) < 4.78 is 32.8. The quantitative estimate of drug-likeness (QED) is 0.859. The molecule has 2 heterocycles. The second-order valence-corrected chi connectivity index (χ2v) is 10.4. The topological polar surface area (TPSA) is 79.6 Å². The molecule has 1 N–H and O–H groups in total. The highest BCUT2D eigenvalue weighted by Gasteiger charge is 2.33. The number of carbonyl (C=O) groups excluding carboxylic acids is 1. The Balaban J connectivity index is 2.25. The van der Waals surface area contributed by atoms with E-state index < -0.39 is 15.6 Å². The predicted octanol–water partition coefficient (Wildman–Crippen LogP) is 3.64. The van der Waals surface area contributed by atoms with Gasteiger partial charge in [0.15, 0.2) is 5.76 Å². The first-order chi connectivity index (χ1) is 11.9. The van der Waals surface area contributed by atoms with E-state index in [0.717, 1.165) is 19.3 Å². The third kappa shape index (κ3) is 5.10. The summed E-state index contributed by atoms with van der Waals surface area (Å²) in [4.78, 5) is 14.9. The average molecular weight is 385 g/mol. The van der Waals surface area contributed by atoms with Gasteiger partial charge in [0.2, 0.25) is 5.09 Å². The van der Waals surface area contributed by atoms with E-state index in [2.05, 4.69) is 25.5 Å². The van der Waals surface area contributed by atoms with E-state index in [1.807, 2.05) is 4.90 Å². The van der Waals surface area contributed by atoms with Crippen molar-refractivity contribution in [1.82, 2.24) is 9.62 Å². The van der Waals surface area contributed by atoms with Gasteiger partial charge in [-0.05, 0) is 64.0 Å². The summed E-state index contributed by atoms with van der Waals surface area (Å²) in [6.45, 7) is 12.4. The normalized spacial score (nSPS) is 22.5. The summed E-state index contributed by atoms with van der Waals surface area (Å²) in [5.41, 5.74) is -0.626. The van der Waals surface area contributed by atoms with E-state index in [0.29, 0.717) is 18.4 Å². The van der Waals surface area contributed by atoms with Crippen molar-refractivity contribution in [2.45, 2.75) is 77.5 Å². The molecule has 6 nitrogen and oxygen atoms in total. The van der Waals surface area contributed by atoms with Crippen LogP contribution in [0.15, 0.2) is 21.6 Å². The van der Waals surface area contributed by atoms with Crippen LogP contribution in [0.3, 0.4) is 0 Å². The fourth-order valence-corrected chi connectivity index (χ4v) is 4.75. The molecule has 0 spiro atoms. The number of hydrogen-bond acceptors (Lipinski definition) is 4. The molecule has 1 fully saturated rings. The van der Waals surface area contributed by atoms with Crippen LogP contribution in [0.25, 0.3) is 0 Å². The third-order valence-electron chi connectivity index (χ3n) is 4.75. The molecular weight excluding hydrogens is 352 g/mol. The molecule has 0 saturated carbocycles. The Bertz CT molecular complexity index is 731. The lowest BCUT2D eigenvalue weighted by Gasteiger charge is -2.32. The van der Waals surface area contributed by atoms with Gasteiger partial charge in [0.05, 0.1) is 0 Å². The Labute approximate surface area is 157 Å². The molecule has 1 amide bonds. The highest BCUT2D eigenvalue weighted by atomic mass is 32.2. The van der Waals surface area contributed by atoms with Crippen molar-refractivity contribution >= 4 is 15.9 Å². The molecule has 0 aliphatic carbocycles. The van der Waals surface area contributed by atoms with Gasteiger partial charge in [0.1, 0.15) is 0 Å². The second-order valence-electron chi connectivity index (χ2n) is 8.76. The molecule has 2 atom stereocenters. The van der Waals surface area contributed by atoms with Crippen LogP contribution in [0.4, 0.5) is 0 Å². The van der Waals surface area contributed by atoms with E-state index >= 15 is 0 Å². The summed E-state index contributed by atoms with van der Waals surface area (Å²) in [7, 11) is -3.79. The minimum atomic E-state index is -3.79. The summed E-state index contributed by atoms with van der Waals surface area (Å²) in [5, 5.41) is -0.222. The van der Waals surface area contributed by atoms with Crippen molar-refractivity contribution in [3.63, 3.8) is 0 Å². The van der Waals surface area contributed by atoms with Gasteiger partial charge in [-0.3, -0.25) is 4.79 Å². The van der Waals surface area contributed by atoms with Gasteiger partial charge in [0.25, 0.3) is 15.9 Å². The van der Waals surface area contributed by atoms with E-state index in [-0.39, 0.29) is 22.8 Å². The summed E-state index contributed by atoms with van der Waals surface area (Å²) in [6.07, 6.45) is 3.01. The number of furan rings is 1. The number of likely N-dealkylation sites (tertiary alicyclic amines) is 1. The molecule has 2 unspecified atom stereocenters. The molecule has 2 rings (SSSR count). The standard InChI is InChI=1S/C19H32N2O4S/c1-13(2)15-8-7-14(3)11-12-21(15)18(22)16-9-10-17(25-16)26(23,24)20-19(4,5)6/h9-10,13-15,20H,7-8,11-12H2,1-6H3. The molecule has 1 aromatic heterocycles. The fraction of sp³-hybridized carbons (Fsp3) is 0.737. The smallest absolute Gasteiger partial charge is 0.289 e. The Hall–Kier alpha value is -1.34. The number of nitrogens with one attached hydrogen (secondary N) is 1. The number of amides is 1. The lowest BCUT2D eigenvalue weighted by Crippen LogP contribution is -2.42. The molecule has 7 heteroatoms. The first-order valence-electron chi connectivity index (χ1n) is 9.35. The van der Waals surface area contributed by atoms with Crippen LogP contribution in [0.1, 0.15) is 71.4 Å². The third-order valence-corrected chi connectivity index (χ3v) is 6.38. The molecule has 0 aromatic carbocycles. The number of carbonyl (C=O) groups is 1. The van der Waals surface area contributed by atoms with Gasteiger partial charge in [0, 0.05) is 18.1 Å². The summed E-state index contributed by atoms with van der Waals surface area (Å²) >= 11 is 0. The minimum Gasteiger partial charge on any atom is -0.438 e. The average Bonchev–Trinajstić information content (AvgIpc) is 2.90. The predicted molar refractivity (Wildman–Crippen MR) is 101 cm³/mol. The van der Waals surface area contributed by atoms with Crippen LogP contribution in [0.5, 0.6) is 0 Å². The maximum Gasteiger partial charge on any atom is 0.289 e. The van der Waals surface area contributed by atoms with Crippen molar-refractivity contribution < 1.29 is 17.6 Å². The van der Waals surface area contributed by atoms with E-state index in [1.54, 1.807) is 20.8 Å². The van der Waals surface area contributed by atoms with Gasteiger partial charge in [-0.1, -0.05) is 20.8 Å². The zero-order chi connectivity index (χ0) is 19.7. The van der Waals surface area contributed by atoms with Crippen LogP contribution in [-0.4, -0.2) is 37.4 Å². The maximum atomic E-state index is 13.0. The highest BCUT2D eigenvalue weighted by molar-refractivity contribution is 7.89. The zero-order valence-corrected chi connectivity index (χ0v) is 17.5.